The van der Waals surface area contributed by atoms with Crippen molar-refractivity contribution < 1.29 is 24.0 Å². The summed E-state index contributed by atoms with van der Waals surface area (Å²) >= 11 is 5.86. The molecule has 2 heterocycles. The second-order valence-electron chi connectivity index (χ2n) is 6.03. The quantitative estimate of drug-likeness (QED) is 0.597. The lowest BCUT2D eigenvalue weighted by Crippen LogP contribution is -2.34. The van der Waals surface area contributed by atoms with E-state index < -0.39 is 29.6 Å². The summed E-state index contributed by atoms with van der Waals surface area (Å²) in [6.45, 7) is 0. The molecule has 2 aliphatic rings. The Balaban J connectivity index is 1.63. The van der Waals surface area contributed by atoms with Gasteiger partial charge in [-0.1, -0.05) is 16.8 Å². The molecule has 0 unspecified atom stereocenters. The van der Waals surface area contributed by atoms with Gasteiger partial charge in [-0.25, -0.2) is 4.90 Å². The minimum absolute atomic E-state index is 0.0834. The van der Waals surface area contributed by atoms with Crippen LogP contribution in [-0.4, -0.2) is 36.5 Å². The lowest BCUT2D eigenvalue weighted by atomic mass is 9.93. The van der Waals surface area contributed by atoms with Gasteiger partial charge in [0.1, 0.15) is 17.4 Å². The van der Waals surface area contributed by atoms with E-state index in [-0.39, 0.29) is 5.71 Å². The fraction of sp³-hybridized carbons (Fsp3) is 0.158. The second kappa shape index (κ2) is 6.51. The first-order chi connectivity index (χ1) is 13.0. The maximum absolute atomic E-state index is 12.9. The molecule has 0 saturated carbocycles. The largest absolute Gasteiger partial charge is 0.497 e. The molecule has 0 aromatic heterocycles. The molecule has 0 bridgehead atoms. The first kappa shape index (κ1) is 17.2. The van der Waals surface area contributed by atoms with Crippen molar-refractivity contribution in [3.05, 3.63) is 59.1 Å². The second-order valence-corrected chi connectivity index (χ2v) is 6.46. The van der Waals surface area contributed by atoms with Gasteiger partial charge in [-0.15, -0.1) is 0 Å². The van der Waals surface area contributed by atoms with Crippen LogP contribution in [0.5, 0.6) is 5.75 Å². The van der Waals surface area contributed by atoms with E-state index in [2.05, 4.69) is 5.16 Å². The monoisotopic (exact) mass is 384 g/mol. The number of oxime groups is 1. The van der Waals surface area contributed by atoms with Crippen molar-refractivity contribution in [3.8, 4) is 5.75 Å². The number of halogens is 1. The molecule has 136 valence electrons. The van der Waals surface area contributed by atoms with Crippen LogP contribution < -0.4 is 9.64 Å². The lowest BCUT2D eigenvalue weighted by molar-refractivity contribution is -0.126. The number of imide groups is 1. The third-order valence-corrected chi connectivity index (χ3v) is 4.73. The predicted octanol–water partition coefficient (Wildman–Crippen LogP) is 2.48. The molecule has 0 aliphatic carbocycles. The Kier molecular flexibility index (Phi) is 4.16. The van der Waals surface area contributed by atoms with Crippen molar-refractivity contribution in [2.75, 3.05) is 12.0 Å². The Morgan fingerprint density at radius 1 is 1.07 bits per heavy atom. The summed E-state index contributed by atoms with van der Waals surface area (Å²) in [5.41, 5.74) is 0.604. The minimum atomic E-state index is -1.13. The topological polar surface area (TPSA) is 85.3 Å². The maximum Gasteiger partial charge on any atom is 0.278 e. The van der Waals surface area contributed by atoms with E-state index in [1.807, 2.05) is 0 Å². The number of Topliss-reactive ketones (excluding diaryl/α,β-unsaturated/α-hetero) is 1. The highest BCUT2D eigenvalue weighted by Gasteiger charge is 2.57. The normalized spacial score (nSPS) is 21.0. The summed E-state index contributed by atoms with van der Waals surface area (Å²) in [4.78, 5) is 44.4. The maximum atomic E-state index is 12.9. The van der Waals surface area contributed by atoms with E-state index in [9.17, 15) is 14.4 Å². The van der Waals surface area contributed by atoms with Crippen molar-refractivity contribution in [1.29, 1.82) is 0 Å². The summed E-state index contributed by atoms with van der Waals surface area (Å²) in [5, 5.41) is 4.21. The fourth-order valence-electron chi connectivity index (χ4n) is 3.10. The van der Waals surface area contributed by atoms with E-state index in [1.54, 1.807) is 48.5 Å². The molecule has 4 rings (SSSR count). The van der Waals surface area contributed by atoms with E-state index in [0.29, 0.717) is 22.0 Å². The molecule has 2 aromatic carbocycles. The van der Waals surface area contributed by atoms with Gasteiger partial charge in [0, 0.05) is 10.6 Å². The predicted molar refractivity (Wildman–Crippen MR) is 97.1 cm³/mol. The van der Waals surface area contributed by atoms with Gasteiger partial charge >= 0.3 is 0 Å². The Morgan fingerprint density at radius 2 is 1.74 bits per heavy atom. The molecular weight excluding hydrogens is 372 g/mol. The molecule has 7 nitrogen and oxygen atoms in total. The Labute approximate surface area is 159 Å². The lowest BCUT2D eigenvalue weighted by Gasteiger charge is -2.15. The van der Waals surface area contributed by atoms with Gasteiger partial charge < -0.3 is 9.57 Å². The summed E-state index contributed by atoms with van der Waals surface area (Å²) < 4.78 is 5.07. The highest BCUT2D eigenvalue weighted by molar-refractivity contribution is 6.52. The van der Waals surface area contributed by atoms with Gasteiger partial charge in [0.2, 0.25) is 17.8 Å². The molecule has 2 aliphatic heterocycles. The van der Waals surface area contributed by atoms with E-state index in [4.69, 9.17) is 21.2 Å². The summed E-state index contributed by atoms with van der Waals surface area (Å²) in [6, 6.07) is 12.6. The zero-order valence-corrected chi connectivity index (χ0v) is 14.8. The molecule has 1 fully saturated rings. The van der Waals surface area contributed by atoms with Crippen LogP contribution in [0.15, 0.2) is 53.7 Å². The number of ether oxygens (including phenoxy) is 1. The summed E-state index contributed by atoms with van der Waals surface area (Å²) in [6.07, 6.45) is -1.13. The number of methoxy groups -OCH3 is 1. The van der Waals surface area contributed by atoms with Crippen LogP contribution in [0.4, 0.5) is 5.69 Å². The molecule has 2 aromatic rings. The molecule has 0 N–H and O–H groups in total. The van der Waals surface area contributed by atoms with Crippen LogP contribution in [0, 0.1) is 5.92 Å². The molecule has 0 spiro atoms. The van der Waals surface area contributed by atoms with Crippen molar-refractivity contribution in [3.63, 3.8) is 0 Å². The minimum Gasteiger partial charge on any atom is -0.497 e. The molecular formula is C19H13ClN2O5. The first-order valence-corrected chi connectivity index (χ1v) is 8.45. The highest BCUT2D eigenvalue weighted by Crippen LogP contribution is 2.34. The van der Waals surface area contributed by atoms with E-state index >= 15 is 0 Å². The number of carbonyl (C=O) groups is 3. The van der Waals surface area contributed by atoms with E-state index in [1.165, 1.54) is 7.11 Å². The van der Waals surface area contributed by atoms with Gasteiger partial charge in [0.05, 0.1) is 12.8 Å². The number of nitrogens with zero attached hydrogens (tertiary/aromatic N) is 2. The number of carbonyl (C=O) groups excluding carboxylic acids is 3. The van der Waals surface area contributed by atoms with Gasteiger partial charge in [-0.2, -0.15) is 0 Å². The Bertz CT molecular complexity index is 969. The fourth-order valence-corrected chi connectivity index (χ4v) is 3.23. The van der Waals surface area contributed by atoms with Crippen LogP contribution in [0.1, 0.15) is 10.4 Å². The summed E-state index contributed by atoms with van der Waals surface area (Å²) in [5.74, 6) is -2.05. The van der Waals surface area contributed by atoms with Crippen molar-refractivity contribution >= 4 is 40.6 Å². The number of anilines is 1. The van der Waals surface area contributed by atoms with Crippen LogP contribution in [0.3, 0.4) is 0 Å². The van der Waals surface area contributed by atoms with Crippen LogP contribution in [-0.2, 0) is 14.4 Å². The SMILES string of the molecule is COc1ccc(C(=O)C2=NO[C@H]3C(=O)N(c4ccc(Cl)cc4)C(=O)[C@@H]23)cc1. The standard InChI is InChI=1S/C19H13ClN2O5/c1-26-13-8-2-10(3-9-13)16(23)15-14-17(27-21-15)19(25)22(18(14)24)12-6-4-11(20)5-7-12/h2-9,14,17H,1H3/t14-,17+/m0/s1. The number of ketones is 1. The van der Waals surface area contributed by atoms with Gasteiger partial charge in [-0.05, 0) is 48.5 Å². The van der Waals surface area contributed by atoms with E-state index in [0.717, 1.165) is 4.90 Å². The zero-order valence-electron chi connectivity index (χ0n) is 14.1. The van der Waals surface area contributed by atoms with Crippen molar-refractivity contribution in [1.82, 2.24) is 0 Å². The Hall–Kier alpha value is -3.19. The summed E-state index contributed by atoms with van der Waals surface area (Å²) in [7, 11) is 1.52. The zero-order chi connectivity index (χ0) is 19.1. The van der Waals surface area contributed by atoms with Crippen molar-refractivity contribution in [2.45, 2.75) is 6.10 Å². The molecule has 2 atom stereocenters. The third-order valence-electron chi connectivity index (χ3n) is 4.48. The molecule has 0 radical (unpaired) electrons. The van der Waals surface area contributed by atoms with Crippen molar-refractivity contribution in [2.24, 2.45) is 11.1 Å². The smallest absolute Gasteiger partial charge is 0.278 e. The van der Waals surface area contributed by atoms with Gasteiger partial charge in [0.15, 0.2) is 0 Å². The first-order valence-electron chi connectivity index (χ1n) is 8.07. The van der Waals surface area contributed by atoms with Gasteiger partial charge in [0.25, 0.3) is 5.91 Å². The molecule has 8 heteroatoms. The van der Waals surface area contributed by atoms with Crippen LogP contribution in [0.25, 0.3) is 0 Å². The number of amides is 2. The average Bonchev–Trinajstić information content (AvgIpc) is 3.23. The molecule has 1 saturated heterocycles. The molecule has 27 heavy (non-hydrogen) atoms. The number of rotatable bonds is 4. The number of fused-ring (bicyclic) bond motifs is 1. The van der Waals surface area contributed by atoms with Crippen LogP contribution >= 0.6 is 11.6 Å². The highest BCUT2D eigenvalue weighted by atomic mass is 35.5. The van der Waals surface area contributed by atoms with Crippen LogP contribution in [0.2, 0.25) is 5.02 Å². The molecule has 2 amide bonds. The average molecular weight is 385 g/mol. The number of hydrogen-bond donors (Lipinski definition) is 0. The van der Waals surface area contributed by atoms with Gasteiger partial charge in [-0.3, -0.25) is 14.4 Å². The number of hydrogen-bond acceptors (Lipinski definition) is 6. The third kappa shape index (κ3) is 2.76. The Morgan fingerprint density at radius 3 is 2.37 bits per heavy atom. The number of benzene rings is 2.